The number of anilines is 3. The number of hydrogen-bond acceptors (Lipinski definition) is 5. The second kappa shape index (κ2) is 12.5. The van der Waals surface area contributed by atoms with Crippen molar-refractivity contribution in [3.05, 3.63) is 101 Å². The third-order valence-electron chi connectivity index (χ3n) is 6.56. The number of aryl methyl sites for hydroxylation is 1. The molecule has 0 bridgehead atoms. The molecular weight excluding hydrogens is 512 g/mol. The summed E-state index contributed by atoms with van der Waals surface area (Å²) in [5, 5.41) is 4.01. The monoisotopic (exact) mass is 545 g/mol. The normalized spacial score (nSPS) is 13.2. The third-order valence-corrected chi connectivity index (χ3v) is 6.56. The molecule has 0 unspecified atom stereocenters. The molecule has 5 rings (SSSR count). The zero-order valence-corrected chi connectivity index (χ0v) is 22.9. The van der Waals surface area contributed by atoms with Gasteiger partial charge in [0, 0.05) is 56.2 Å². The highest BCUT2D eigenvalue weighted by atomic mass is 19.3. The minimum Gasteiger partial charge on any atom is -0.352 e. The van der Waals surface area contributed by atoms with E-state index in [4.69, 9.17) is 4.98 Å². The van der Waals surface area contributed by atoms with Crippen molar-refractivity contribution in [2.24, 2.45) is 0 Å². The number of carbonyl (C=O) groups is 1. The first-order chi connectivity index (χ1) is 19.2. The number of benzene rings is 2. The second-order valence-corrected chi connectivity index (χ2v) is 9.68. The summed E-state index contributed by atoms with van der Waals surface area (Å²) < 4.78 is 24.2. The lowest BCUT2D eigenvalue weighted by atomic mass is 10.1. The van der Waals surface area contributed by atoms with E-state index in [-0.39, 0.29) is 16.9 Å². The minimum atomic E-state index is -2.34. The quantitative estimate of drug-likeness (QED) is 0.315. The van der Waals surface area contributed by atoms with Crippen LogP contribution < -0.4 is 15.6 Å². The Labute approximate surface area is 232 Å². The highest BCUT2D eigenvalue weighted by Crippen LogP contribution is 2.30. The molecule has 208 valence electrons. The molecular formula is C31H33F2N5O2. The molecule has 0 atom stereocenters. The second-order valence-electron chi connectivity index (χ2n) is 9.68. The molecule has 0 spiro atoms. The highest BCUT2D eigenvalue weighted by Gasteiger charge is 2.24. The van der Waals surface area contributed by atoms with E-state index in [2.05, 4.69) is 21.4 Å². The average molecular weight is 546 g/mol. The number of nitrogens with zero attached hydrogens (tertiary/aromatic N) is 4. The maximum atomic E-state index is 13.5. The summed E-state index contributed by atoms with van der Waals surface area (Å²) in [4.78, 5) is 34.1. The number of pyridine rings is 2. The lowest BCUT2D eigenvalue weighted by molar-refractivity contribution is -0.129. The molecule has 2 aromatic carbocycles. The Morgan fingerprint density at radius 3 is 2.08 bits per heavy atom. The van der Waals surface area contributed by atoms with Crippen molar-refractivity contribution >= 4 is 34.1 Å². The molecule has 1 aliphatic heterocycles. The fourth-order valence-electron chi connectivity index (χ4n) is 4.52. The van der Waals surface area contributed by atoms with E-state index in [1.807, 2.05) is 78.6 Å². The van der Waals surface area contributed by atoms with E-state index < -0.39 is 6.43 Å². The average Bonchev–Trinajstić information content (AvgIpc) is 2.94. The molecule has 0 saturated carbocycles. The molecule has 3 heterocycles. The molecule has 1 fully saturated rings. The Kier molecular flexibility index (Phi) is 8.93. The van der Waals surface area contributed by atoms with Gasteiger partial charge in [-0.25, -0.2) is 13.8 Å². The van der Waals surface area contributed by atoms with Crippen LogP contribution in [-0.4, -0.2) is 53.0 Å². The number of piperazine rings is 1. The molecule has 1 amide bonds. The predicted octanol–water partition coefficient (Wildman–Crippen LogP) is 5.93. The van der Waals surface area contributed by atoms with Gasteiger partial charge in [0.25, 0.3) is 6.43 Å². The van der Waals surface area contributed by atoms with Crippen LogP contribution in [0.5, 0.6) is 0 Å². The topological polar surface area (TPSA) is 70.5 Å². The summed E-state index contributed by atoms with van der Waals surface area (Å²) in [5.41, 5.74) is 3.32. The van der Waals surface area contributed by atoms with E-state index in [9.17, 15) is 18.4 Å². The molecule has 1 saturated heterocycles. The van der Waals surface area contributed by atoms with Crippen LogP contribution >= 0.6 is 0 Å². The lowest BCUT2D eigenvalue weighted by Crippen LogP contribution is -2.48. The maximum Gasteiger partial charge on any atom is 0.259 e. The first kappa shape index (κ1) is 28.5. The Balaban J connectivity index is 0.000000557. The first-order valence-electron chi connectivity index (χ1n) is 13.0. The maximum absolute atomic E-state index is 13.5. The van der Waals surface area contributed by atoms with Crippen molar-refractivity contribution in [3.8, 4) is 5.69 Å². The van der Waals surface area contributed by atoms with E-state index in [0.29, 0.717) is 43.2 Å². The van der Waals surface area contributed by atoms with Gasteiger partial charge in [0.05, 0.1) is 10.9 Å². The molecule has 2 aromatic heterocycles. The number of rotatable bonds is 5. The van der Waals surface area contributed by atoms with E-state index in [1.165, 1.54) is 6.92 Å². The summed E-state index contributed by atoms with van der Waals surface area (Å²) >= 11 is 0. The van der Waals surface area contributed by atoms with Gasteiger partial charge in [-0.15, -0.1) is 0 Å². The van der Waals surface area contributed by atoms with E-state index in [1.54, 1.807) is 13.0 Å². The van der Waals surface area contributed by atoms with Crippen LogP contribution in [0.3, 0.4) is 0 Å². The number of hydrogen-bond donors (Lipinski definition) is 1. The Bertz CT molecular complexity index is 1550. The zero-order valence-electron chi connectivity index (χ0n) is 22.9. The highest BCUT2D eigenvalue weighted by molar-refractivity contribution is 5.93. The molecule has 0 radical (unpaired) electrons. The number of amides is 1. The number of aromatic nitrogens is 2. The van der Waals surface area contributed by atoms with Gasteiger partial charge < -0.3 is 15.1 Å². The van der Waals surface area contributed by atoms with Crippen LogP contribution in [-0.2, 0) is 4.79 Å². The number of fused-ring (bicyclic) bond motifs is 1. The largest absolute Gasteiger partial charge is 0.352 e. The van der Waals surface area contributed by atoms with E-state index >= 15 is 0 Å². The van der Waals surface area contributed by atoms with Crippen LogP contribution in [0, 0.1) is 6.92 Å². The van der Waals surface area contributed by atoms with Crippen LogP contribution in [0.4, 0.5) is 26.1 Å². The van der Waals surface area contributed by atoms with Gasteiger partial charge >= 0.3 is 0 Å². The molecule has 7 nitrogen and oxygen atoms in total. The summed E-state index contributed by atoms with van der Waals surface area (Å²) in [6.45, 7) is 10.4. The number of carbonyl (C=O) groups excluding carboxylic acids is 1. The standard InChI is InChI=1S/C27H27N5O2.C4H6F2/c1-19-17-23-26(27(28-19)31-15-13-30(14-16-31)20(2)33)24(34)18-25(29-21-9-5-3-6-10-21)32(23)22-11-7-4-8-12-22;1-3(2)4(5)6/h3-12,17-18,29H,13-16H2,1-2H3;4H,1H2,2H3. The van der Waals surface area contributed by atoms with Gasteiger partial charge in [-0.1, -0.05) is 43.0 Å². The summed E-state index contributed by atoms with van der Waals surface area (Å²) in [6, 6.07) is 23.5. The number of allylic oxidation sites excluding steroid dienone is 1. The predicted molar refractivity (Wildman–Crippen MR) is 157 cm³/mol. The molecule has 0 aliphatic carbocycles. The number of para-hydroxylation sites is 2. The number of alkyl halides is 2. The Hall–Kier alpha value is -4.53. The zero-order chi connectivity index (χ0) is 28.8. The Morgan fingerprint density at radius 1 is 0.950 bits per heavy atom. The Morgan fingerprint density at radius 2 is 1.52 bits per heavy atom. The molecule has 40 heavy (non-hydrogen) atoms. The SMILES string of the molecule is C=C(C)C(F)F.CC(=O)N1CCN(c2nc(C)cc3c2c(=O)cc(Nc2ccccc2)n3-c2ccccc2)CC1. The van der Waals surface area contributed by atoms with E-state index in [0.717, 1.165) is 22.6 Å². The van der Waals surface area contributed by atoms with Crippen LogP contribution in [0.1, 0.15) is 19.5 Å². The summed E-state index contributed by atoms with van der Waals surface area (Å²) in [5.74, 6) is 1.44. The van der Waals surface area contributed by atoms with Gasteiger partial charge in [0.1, 0.15) is 11.6 Å². The van der Waals surface area contributed by atoms with Gasteiger partial charge in [0.15, 0.2) is 5.43 Å². The molecule has 1 N–H and O–H groups in total. The lowest BCUT2D eigenvalue weighted by Gasteiger charge is -2.35. The number of halogens is 2. The first-order valence-corrected chi connectivity index (χ1v) is 13.0. The van der Waals surface area contributed by atoms with Crippen molar-refractivity contribution in [3.63, 3.8) is 0 Å². The van der Waals surface area contributed by atoms with Crippen molar-refractivity contribution in [1.82, 2.24) is 14.5 Å². The van der Waals surface area contributed by atoms with Gasteiger partial charge in [0.2, 0.25) is 5.91 Å². The smallest absolute Gasteiger partial charge is 0.259 e. The molecule has 9 heteroatoms. The van der Waals surface area contributed by atoms with Crippen molar-refractivity contribution in [1.29, 1.82) is 0 Å². The molecule has 4 aromatic rings. The van der Waals surface area contributed by atoms with Gasteiger partial charge in [-0.2, -0.15) is 0 Å². The fraction of sp³-hybridized carbons (Fsp3) is 0.258. The summed E-state index contributed by atoms with van der Waals surface area (Å²) in [7, 11) is 0. The van der Waals surface area contributed by atoms with Crippen LogP contribution in [0.15, 0.2) is 89.7 Å². The summed E-state index contributed by atoms with van der Waals surface area (Å²) in [6.07, 6.45) is -2.34. The fourth-order valence-corrected chi connectivity index (χ4v) is 4.52. The minimum absolute atomic E-state index is 0.0739. The van der Waals surface area contributed by atoms with Crippen LogP contribution in [0.25, 0.3) is 16.6 Å². The molecule has 1 aliphatic rings. The van der Waals surface area contributed by atoms with Gasteiger partial charge in [-0.05, 0) is 49.8 Å². The third kappa shape index (κ3) is 6.54. The van der Waals surface area contributed by atoms with Crippen LogP contribution in [0.2, 0.25) is 0 Å². The van der Waals surface area contributed by atoms with Crippen molar-refractivity contribution in [2.75, 3.05) is 36.4 Å². The van der Waals surface area contributed by atoms with Crippen molar-refractivity contribution in [2.45, 2.75) is 27.2 Å². The van der Waals surface area contributed by atoms with Crippen molar-refractivity contribution < 1.29 is 13.6 Å². The van der Waals surface area contributed by atoms with Gasteiger partial charge in [-0.3, -0.25) is 14.2 Å². The number of nitrogens with one attached hydrogen (secondary N) is 1.